The van der Waals surface area contributed by atoms with Crippen LogP contribution in [0.5, 0.6) is 0 Å². The van der Waals surface area contributed by atoms with E-state index in [0.717, 1.165) is 6.42 Å². The molecule has 7 nitrogen and oxygen atoms in total. The molecule has 0 aromatic heterocycles. The smallest absolute Gasteiger partial charge is 0.345 e. The third-order valence-corrected chi connectivity index (χ3v) is 3.09. The van der Waals surface area contributed by atoms with E-state index in [0.29, 0.717) is 13.1 Å². The maximum Gasteiger partial charge on any atom is 0.345 e. The summed E-state index contributed by atoms with van der Waals surface area (Å²) < 4.78 is 10.0. The van der Waals surface area contributed by atoms with Gasteiger partial charge in [0.2, 0.25) is 11.4 Å². The molecule has 0 saturated carbocycles. The number of amides is 1. The monoisotopic (exact) mass is 316 g/mol. The molecule has 0 heterocycles. The van der Waals surface area contributed by atoms with Gasteiger partial charge in [0.1, 0.15) is 0 Å². The van der Waals surface area contributed by atoms with E-state index in [1.807, 2.05) is 18.7 Å². The number of nitrogens with zero attached hydrogens (tertiary/aromatic N) is 1. The Balaban J connectivity index is 5.65. The first kappa shape index (κ1) is 20.4. The van der Waals surface area contributed by atoms with E-state index < -0.39 is 23.4 Å². The molecule has 1 N–H and O–H groups in total. The van der Waals surface area contributed by atoms with Crippen molar-refractivity contribution in [1.82, 2.24) is 10.2 Å². The summed E-state index contributed by atoms with van der Waals surface area (Å²) in [4.78, 5) is 38.3. The molecule has 0 aliphatic heterocycles. The minimum Gasteiger partial charge on any atom is -0.464 e. The number of esters is 2. The van der Waals surface area contributed by atoms with Gasteiger partial charge in [-0.2, -0.15) is 0 Å². The molecular formula is C15H28N2O5. The predicted molar refractivity (Wildman–Crippen MR) is 82.2 cm³/mol. The number of rotatable bonds is 10. The largest absolute Gasteiger partial charge is 0.464 e. The van der Waals surface area contributed by atoms with Gasteiger partial charge in [-0.1, -0.05) is 13.8 Å². The summed E-state index contributed by atoms with van der Waals surface area (Å²) >= 11 is 0. The molecule has 0 spiro atoms. The molecular weight excluding hydrogens is 288 g/mol. The van der Waals surface area contributed by atoms with Crippen LogP contribution in [-0.2, 0) is 23.9 Å². The zero-order valence-corrected chi connectivity index (χ0v) is 14.2. The summed E-state index contributed by atoms with van der Waals surface area (Å²) in [6.07, 6.45) is 0.857. The maximum atomic E-state index is 12.4. The predicted octanol–water partition coefficient (Wildman–Crippen LogP) is 0.719. The van der Waals surface area contributed by atoms with Gasteiger partial charge in [-0.3, -0.25) is 4.79 Å². The van der Waals surface area contributed by atoms with Crippen molar-refractivity contribution in [1.29, 1.82) is 0 Å². The average Bonchev–Trinajstić information content (AvgIpc) is 2.45. The fraction of sp³-hybridized carbons (Fsp3) is 0.800. The van der Waals surface area contributed by atoms with Crippen molar-refractivity contribution in [3.05, 3.63) is 0 Å². The van der Waals surface area contributed by atoms with Gasteiger partial charge in [0.05, 0.1) is 13.2 Å². The molecule has 0 unspecified atom stereocenters. The standard InChI is InChI=1S/C15H28N2O5/c1-6-10-17(7-2)11-15(16-12(5)18,13(19)21-8-3)14(20)22-9-4/h6-11H2,1-5H3,(H,16,18). The Morgan fingerprint density at radius 3 is 1.82 bits per heavy atom. The van der Waals surface area contributed by atoms with Gasteiger partial charge < -0.3 is 19.7 Å². The van der Waals surface area contributed by atoms with E-state index in [4.69, 9.17) is 9.47 Å². The highest BCUT2D eigenvalue weighted by Gasteiger charge is 2.51. The lowest BCUT2D eigenvalue weighted by molar-refractivity contribution is -0.169. The molecule has 0 saturated heterocycles. The Morgan fingerprint density at radius 2 is 1.50 bits per heavy atom. The van der Waals surface area contributed by atoms with Crippen molar-refractivity contribution < 1.29 is 23.9 Å². The summed E-state index contributed by atoms with van der Waals surface area (Å²) in [5, 5.41) is 2.46. The van der Waals surface area contributed by atoms with Crippen LogP contribution < -0.4 is 5.32 Å². The number of ether oxygens (including phenoxy) is 2. The number of carbonyl (C=O) groups is 3. The fourth-order valence-corrected chi connectivity index (χ4v) is 2.16. The minimum atomic E-state index is -1.83. The first-order valence-corrected chi connectivity index (χ1v) is 7.73. The van der Waals surface area contributed by atoms with Gasteiger partial charge in [0.25, 0.3) is 0 Å². The second kappa shape index (κ2) is 10.2. The first-order valence-electron chi connectivity index (χ1n) is 7.73. The summed E-state index contributed by atoms with van der Waals surface area (Å²) in [6.45, 7) is 10.0. The van der Waals surface area contributed by atoms with Gasteiger partial charge in [0.15, 0.2) is 0 Å². The summed E-state index contributed by atoms with van der Waals surface area (Å²) in [6, 6.07) is 0. The van der Waals surface area contributed by atoms with Gasteiger partial charge in [-0.05, 0) is 33.4 Å². The molecule has 0 fully saturated rings. The molecule has 0 aliphatic carbocycles. The van der Waals surface area contributed by atoms with Crippen molar-refractivity contribution in [3.8, 4) is 0 Å². The van der Waals surface area contributed by atoms with Crippen molar-refractivity contribution in [2.75, 3.05) is 32.8 Å². The molecule has 0 atom stereocenters. The SMILES string of the molecule is CCCN(CC)CC(NC(C)=O)(C(=O)OCC)C(=O)OCC. The van der Waals surface area contributed by atoms with Crippen molar-refractivity contribution in [2.24, 2.45) is 0 Å². The Morgan fingerprint density at radius 1 is 1.00 bits per heavy atom. The van der Waals surface area contributed by atoms with Gasteiger partial charge in [-0.25, -0.2) is 9.59 Å². The quantitative estimate of drug-likeness (QED) is 0.472. The van der Waals surface area contributed by atoms with Crippen molar-refractivity contribution in [3.63, 3.8) is 0 Å². The van der Waals surface area contributed by atoms with Crippen LogP contribution in [0, 0.1) is 0 Å². The van der Waals surface area contributed by atoms with Crippen LogP contribution in [0.4, 0.5) is 0 Å². The Labute approximate surface area is 132 Å². The minimum absolute atomic E-state index is 0.0224. The second-order valence-corrected chi connectivity index (χ2v) is 4.90. The van der Waals surface area contributed by atoms with Gasteiger partial charge in [-0.15, -0.1) is 0 Å². The molecule has 22 heavy (non-hydrogen) atoms. The fourth-order valence-electron chi connectivity index (χ4n) is 2.16. The highest BCUT2D eigenvalue weighted by atomic mass is 16.6. The molecule has 1 amide bonds. The Kier molecular flexibility index (Phi) is 9.40. The van der Waals surface area contributed by atoms with Crippen LogP contribution in [0.2, 0.25) is 0 Å². The molecule has 0 aliphatic rings. The van der Waals surface area contributed by atoms with Gasteiger partial charge in [0, 0.05) is 13.5 Å². The van der Waals surface area contributed by atoms with Crippen LogP contribution in [0.15, 0.2) is 0 Å². The zero-order chi connectivity index (χ0) is 17.2. The van der Waals surface area contributed by atoms with E-state index in [1.54, 1.807) is 13.8 Å². The third-order valence-electron chi connectivity index (χ3n) is 3.09. The topological polar surface area (TPSA) is 84.9 Å². The molecule has 7 heteroatoms. The number of carbonyl (C=O) groups excluding carboxylic acids is 3. The third kappa shape index (κ3) is 5.63. The summed E-state index contributed by atoms with van der Waals surface area (Å²) in [5.74, 6) is -2.08. The van der Waals surface area contributed by atoms with Crippen LogP contribution in [0.1, 0.15) is 41.0 Å². The number of likely N-dealkylation sites (N-methyl/N-ethyl adjacent to an activating group) is 1. The van der Waals surface area contributed by atoms with E-state index in [-0.39, 0.29) is 19.8 Å². The summed E-state index contributed by atoms with van der Waals surface area (Å²) in [5.41, 5.74) is -1.83. The molecule has 0 rings (SSSR count). The maximum absolute atomic E-state index is 12.4. The number of hydrogen-bond acceptors (Lipinski definition) is 6. The second-order valence-electron chi connectivity index (χ2n) is 4.90. The Hall–Kier alpha value is -1.63. The highest BCUT2D eigenvalue weighted by molar-refractivity contribution is 6.08. The van der Waals surface area contributed by atoms with E-state index in [2.05, 4.69) is 5.32 Å². The Bertz CT molecular complexity index is 366. The van der Waals surface area contributed by atoms with E-state index in [1.165, 1.54) is 6.92 Å². The molecule has 0 aromatic rings. The van der Waals surface area contributed by atoms with Crippen LogP contribution >= 0.6 is 0 Å². The van der Waals surface area contributed by atoms with Crippen molar-refractivity contribution in [2.45, 2.75) is 46.6 Å². The van der Waals surface area contributed by atoms with E-state index >= 15 is 0 Å². The number of hydrogen-bond donors (Lipinski definition) is 1. The summed E-state index contributed by atoms with van der Waals surface area (Å²) in [7, 11) is 0. The van der Waals surface area contributed by atoms with Crippen LogP contribution in [0.3, 0.4) is 0 Å². The molecule has 0 bridgehead atoms. The number of nitrogens with one attached hydrogen (secondary N) is 1. The molecule has 0 radical (unpaired) electrons. The van der Waals surface area contributed by atoms with E-state index in [9.17, 15) is 14.4 Å². The van der Waals surface area contributed by atoms with Gasteiger partial charge >= 0.3 is 11.9 Å². The highest BCUT2D eigenvalue weighted by Crippen LogP contribution is 2.14. The lowest BCUT2D eigenvalue weighted by Gasteiger charge is -2.34. The average molecular weight is 316 g/mol. The lowest BCUT2D eigenvalue weighted by Crippen LogP contribution is -2.66. The van der Waals surface area contributed by atoms with Crippen LogP contribution in [0.25, 0.3) is 0 Å². The molecule has 128 valence electrons. The zero-order valence-electron chi connectivity index (χ0n) is 14.2. The van der Waals surface area contributed by atoms with Crippen LogP contribution in [-0.4, -0.2) is 61.1 Å². The molecule has 0 aromatic carbocycles. The van der Waals surface area contributed by atoms with Crippen molar-refractivity contribution >= 4 is 17.8 Å². The normalized spacial score (nSPS) is 11.2. The first-order chi connectivity index (χ1) is 10.4. The lowest BCUT2D eigenvalue weighted by atomic mass is 9.98.